The molecule has 1 aliphatic heterocycles. The summed E-state index contributed by atoms with van der Waals surface area (Å²) >= 11 is 1.23. The molecule has 30 heavy (non-hydrogen) atoms. The van der Waals surface area contributed by atoms with E-state index in [1.165, 1.54) is 29.8 Å². The molecule has 0 bridgehead atoms. The predicted molar refractivity (Wildman–Crippen MR) is 120 cm³/mol. The number of nitrogens with zero attached hydrogens (tertiary/aromatic N) is 2. The summed E-state index contributed by atoms with van der Waals surface area (Å²) < 4.78 is 24.8. The van der Waals surface area contributed by atoms with Crippen molar-refractivity contribution in [2.24, 2.45) is 10.3 Å². The highest BCUT2D eigenvalue weighted by molar-refractivity contribution is 8.23. The second kappa shape index (κ2) is 8.96. The molecule has 1 amide bonds. The lowest BCUT2D eigenvalue weighted by Crippen LogP contribution is -2.35. The van der Waals surface area contributed by atoms with Crippen LogP contribution in [0, 0.1) is 11.3 Å². The first-order valence-corrected chi connectivity index (χ1v) is 11.5. The lowest BCUT2D eigenvalue weighted by molar-refractivity contribution is -0.117. The van der Waals surface area contributed by atoms with E-state index in [1.807, 2.05) is 13.8 Å². The van der Waals surface area contributed by atoms with Gasteiger partial charge in [-0.2, -0.15) is 0 Å². The van der Waals surface area contributed by atoms with Crippen molar-refractivity contribution in [2.75, 3.05) is 11.9 Å². The van der Waals surface area contributed by atoms with Gasteiger partial charge in [-0.3, -0.25) is 24.3 Å². The van der Waals surface area contributed by atoms with Gasteiger partial charge in [0.25, 0.3) is 5.91 Å². The second-order valence-electron chi connectivity index (χ2n) is 6.97. The molecule has 3 rings (SSSR count). The Bertz CT molecular complexity index is 1020. The van der Waals surface area contributed by atoms with E-state index in [2.05, 4.69) is 20.0 Å². The van der Waals surface area contributed by atoms with Gasteiger partial charge in [-0.25, -0.2) is 0 Å². The number of aliphatic hydroxyl groups excluding tert-OH is 1. The van der Waals surface area contributed by atoms with E-state index in [9.17, 15) is 19.0 Å². The SMILES string of the molecule is CC(C)CCNC(=O)/C(C1=NS(O)(O)c2cnccc2N1)=C(/O)C(=N)c1cccs1. The summed E-state index contributed by atoms with van der Waals surface area (Å²) in [4.78, 5) is 17.4. The number of fused-ring (bicyclic) bond motifs is 1. The zero-order chi connectivity index (χ0) is 21.9. The highest BCUT2D eigenvalue weighted by Gasteiger charge is 2.32. The number of carbonyl (C=O) groups excluding carboxylic acids is 1. The lowest BCUT2D eigenvalue weighted by Gasteiger charge is -2.34. The van der Waals surface area contributed by atoms with Crippen LogP contribution in [0.15, 0.2) is 56.6 Å². The first-order valence-electron chi connectivity index (χ1n) is 9.14. The molecule has 0 spiro atoms. The van der Waals surface area contributed by atoms with Crippen LogP contribution in [0.1, 0.15) is 25.1 Å². The fourth-order valence-corrected chi connectivity index (χ4v) is 4.47. The molecule has 0 aliphatic carbocycles. The van der Waals surface area contributed by atoms with Crippen LogP contribution in [-0.2, 0) is 4.79 Å². The molecule has 0 radical (unpaired) electrons. The minimum atomic E-state index is -3.65. The van der Waals surface area contributed by atoms with Crippen LogP contribution >= 0.6 is 22.1 Å². The van der Waals surface area contributed by atoms with E-state index in [-0.39, 0.29) is 22.0 Å². The van der Waals surface area contributed by atoms with Crippen LogP contribution in [0.25, 0.3) is 0 Å². The van der Waals surface area contributed by atoms with Crippen molar-refractivity contribution in [2.45, 2.75) is 25.2 Å². The quantitative estimate of drug-likeness (QED) is 0.213. The summed E-state index contributed by atoms with van der Waals surface area (Å²) in [6.45, 7) is 4.38. The zero-order valence-corrected chi connectivity index (χ0v) is 18.0. The Balaban J connectivity index is 2.04. The average molecular weight is 450 g/mol. The Morgan fingerprint density at radius 2 is 2.13 bits per heavy atom. The minimum Gasteiger partial charge on any atom is -0.505 e. The summed E-state index contributed by atoms with van der Waals surface area (Å²) in [5.41, 5.74) is -0.293. The normalized spacial score (nSPS) is 16.6. The summed E-state index contributed by atoms with van der Waals surface area (Å²) in [5, 5.41) is 26.4. The molecule has 0 atom stereocenters. The van der Waals surface area contributed by atoms with Gasteiger partial charge in [-0.05, 0) is 29.9 Å². The number of carbonyl (C=O) groups is 1. The molecule has 2 aromatic rings. The van der Waals surface area contributed by atoms with Gasteiger partial charge < -0.3 is 15.7 Å². The number of pyridine rings is 1. The Labute approximate surface area is 179 Å². The van der Waals surface area contributed by atoms with Gasteiger partial charge in [0.15, 0.2) is 11.6 Å². The van der Waals surface area contributed by atoms with Crippen molar-refractivity contribution in [3.05, 3.63) is 52.2 Å². The number of aliphatic hydroxyl groups is 1. The van der Waals surface area contributed by atoms with Crippen molar-refractivity contribution in [3.8, 4) is 0 Å². The second-order valence-corrected chi connectivity index (χ2v) is 9.58. The van der Waals surface area contributed by atoms with E-state index in [4.69, 9.17) is 5.41 Å². The van der Waals surface area contributed by atoms with E-state index >= 15 is 0 Å². The molecule has 11 heteroatoms. The smallest absolute Gasteiger partial charge is 0.258 e. The number of amidine groups is 1. The molecular formula is C19H23N5O4S2. The molecule has 6 N–H and O–H groups in total. The molecular weight excluding hydrogens is 426 g/mol. The van der Waals surface area contributed by atoms with Gasteiger partial charge in [0, 0.05) is 12.7 Å². The fourth-order valence-electron chi connectivity index (χ4n) is 2.69. The van der Waals surface area contributed by atoms with Crippen LogP contribution in [0.3, 0.4) is 0 Å². The number of thiophene rings is 1. The van der Waals surface area contributed by atoms with Crippen molar-refractivity contribution in [3.63, 3.8) is 0 Å². The van der Waals surface area contributed by atoms with E-state index in [0.29, 0.717) is 29.4 Å². The number of anilines is 1. The molecule has 2 aromatic heterocycles. The maximum Gasteiger partial charge on any atom is 0.258 e. The van der Waals surface area contributed by atoms with Crippen LogP contribution in [-0.4, -0.2) is 43.2 Å². The molecule has 9 nitrogen and oxygen atoms in total. The Kier molecular flexibility index (Phi) is 6.56. The monoisotopic (exact) mass is 449 g/mol. The summed E-state index contributed by atoms with van der Waals surface area (Å²) in [7, 11) is -3.65. The van der Waals surface area contributed by atoms with E-state index in [1.54, 1.807) is 17.5 Å². The van der Waals surface area contributed by atoms with Gasteiger partial charge in [-0.15, -0.1) is 15.7 Å². The molecule has 3 heterocycles. The number of hydrogen-bond acceptors (Lipinski definition) is 9. The molecule has 0 saturated heterocycles. The van der Waals surface area contributed by atoms with Gasteiger partial charge in [0.05, 0.1) is 16.8 Å². The van der Waals surface area contributed by atoms with E-state index in [0.717, 1.165) is 0 Å². The third-order valence-corrected chi connectivity index (χ3v) is 6.50. The lowest BCUT2D eigenvalue weighted by atomic mass is 10.1. The molecule has 160 valence electrons. The van der Waals surface area contributed by atoms with Crippen molar-refractivity contribution < 1.29 is 19.0 Å². The number of amides is 1. The predicted octanol–water partition coefficient (Wildman–Crippen LogP) is 4.03. The van der Waals surface area contributed by atoms with Gasteiger partial charge in [0.2, 0.25) is 0 Å². The van der Waals surface area contributed by atoms with Gasteiger partial charge in [0.1, 0.15) is 16.2 Å². The van der Waals surface area contributed by atoms with Crippen LogP contribution < -0.4 is 10.6 Å². The third-order valence-electron chi connectivity index (χ3n) is 4.26. The van der Waals surface area contributed by atoms with Crippen molar-refractivity contribution in [1.29, 1.82) is 5.41 Å². The van der Waals surface area contributed by atoms with Crippen molar-refractivity contribution >= 4 is 45.3 Å². The standard InChI is InChI=1S/C19H23N5O4S2/c1-11(2)5-8-22-19(26)15(17(25)16(20)13-4-3-9-29-13)18-23-12-6-7-21-10-14(12)30(27,28)24-18/h3-4,6-7,9-11,20,25,27-28H,5,8H2,1-2H3,(H,22,26)(H,23,24)/b17-15+,20-16?. The van der Waals surface area contributed by atoms with Crippen molar-refractivity contribution in [1.82, 2.24) is 10.3 Å². The molecule has 1 aliphatic rings. The van der Waals surface area contributed by atoms with Crippen LogP contribution in [0.5, 0.6) is 0 Å². The minimum absolute atomic E-state index is 0.0844. The first kappa shape index (κ1) is 22.0. The Morgan fingerprint density at radius 1 is 1.37 bits per heavy atom. The summed E-state index contributed by atoms with van der Waals surface area (Å²) in [6, 6.07) is 4.87. The third kappa shape index (κ3) is 4.70. The number of hydrogen-bond donors (Lipinski definition) is 6. The molecule has 0 fully saturated rings. The Hall–Kier alpha value is -2.73. The van der Waals surface area contributed by atoms with E-state index < -0.39 is 22.4 Å². The van der Waals surface area contributed by atoms with Gasteiger partial charge in [-0.1, -0.05) is 30.7 Å². The van der Waals surface area contributed by atoms with Crippen LogP contribution in [0.2, 0.25) is 0 Å². The Morgan fingerprint density at radius 3 is 2.80 bits per heavy atom. The maximum absolute atomic E-state index is 13.0. The topological polar surface area (TPSA) is 151 Å². The average Bonchev–Trinajstić information content (AvgIpc) is 3.21. The highest BCUT2D eigenvalue weighted by atomic mass is 32.3. The number of aromatic nitrogens is 1. The molecule has 0 aromatic carbocycles. The molecule has 0 unspecified atom stereocenters. The highest BCUT2D eigenvalue weighted by Crippen LogP contribution is 2.55. The number of rotatable bonds is 7. The fraction of sp³-hybridized carbons (Fsp3) is 0.263. The summed E-state index contributed by atoms with van der Waals surface area (Å²) in [5.74, 6) is -1.16. The number of allylic oxidation sites excluding steroid dienone is 1. The largest absolute Gasteiger partial charge is 0.505 e. The molecule has 0 saturated carbocycles. The summed E-state index contributed by atoms with van der Waals surface area (Å²) in [6.07, 6.45) is 3.44. The number of nitrogens with one attached hydrogen (secondary N) is 3. The van der Waals surface area contributed by atoms with Crippen LogP contribution in [0.4, 0.5) is 5.69 Å². The zero-order valence-electron chi connectivity index (χ0n) is 16.4. The maximum atomic E-state index is 13.0. The first-order chi connectivity index (χ1) is 14.2. The van der Waals surface area contributed by atoms with Gasteiger partial charge >= 0.3 is 0 Å².